The van der Waals surface area contributed by atoms with E-state index in [9.17, 15) is 9.18 Å². The zero-order chi connectivity index (χ0) is 17.4. The van der Waals surface area contributed by atoms with E-state index < -0.39 is 0 Å². The lowest BCUT2D eigenvalue weighted by molar-refractivity contribution is -0.136. The van der Waals surface area contributed by atoms with Crippen molar-refractivity contribution in [3.63, 3.8) is 0 Å². The summed E-state index contributed by atoms with van der Waals surface area (Å²) in [6.45, 7) is 3.85. The molecule has 1 aromatic heterocycles. The second-order valence-corrected chi connectivity index (χ2v) is 7.37. The summed E-state index contributed by atoms with van der Waals surface area (Å²) in [7, 11) is 1.92. The molecule has 0 aliphatic carbocycles. The van der Waals surface area contributed by atoms with Gasteiger partial charge in [-0.05, 0) is 37.1 Å². The fourth-order valence-electron chi connectivity index (χ4n) is 4.18. The van der Waals surface area contributed by atoms with Crippen molar-refractivity contribution >= 4 is 5.91 Å². The first-order valence-corrected chi connectivity index (χ1v) is 8.78. The molecular formula is C19H23FN4O. The molecule has 1 aromatic carbocycles. The molecule has 0 N–H and O–H groups in total. The van der Waals surface area contributed by atoms with Crippen LogP contribution in [0.15, 0.2) is 36.7 Å². The van der Waals surface area contributed by atoms with E-state index in [2.05, 4.69) is 10.00 Å². The number of halogens is 1. The molecule has 0 radical (unpaired) electrons. The number of hydrogen-bond donors (Lipinski definition) is 0. The Morgan fingerprint density at radius 2 is 2.04 bits per heavy atom. The smallest absolute Gasteiger partial charge is 0.230 e. The number of benzene rings is 1. The van der Waals surface area contributed by atoms with Crippen molar-refractivity contribution in [3.8, 4) is 0 Å². The van der Waals surface area contributed by atoms with E-state index in [-0.39, 0.29) is 17.1 Å². The molecule has 1 spiro atoms. The lowest BCUT2D eigenvalue weighted by atomic mass is 9.85. The summed E-state index contributed by atoms with van der Waals surface area (Å²) < 4.78 is 15.2. The number of aromatic nitrogens is 2. The monoisotopic (exact) mass is 342 g/mol. The molecule has 1 unspecified atom stereocenters. The summed E-state index contributed by atoms with van der Waals surface area (Å²) in [5.74, 6) is -0.0205. The number of nitrogens with zero attached hydrogens (tertiary/aromatic N) is 4. The van der Waals surface area contributed by atoms with Crippen molar-refractivity contribution in [1.82, 2.24) is 19.6 Å². The van der Waals surface area contributed by atoms with Gasteiger partial charge >= 0.3 is 0 Å². The van der Waals surface area contributed by atoms with Gasteiger partial charge in [-0.25, -0.2) is 4.39 Å². The maximum Gasteiger partial charge on any atom is 0.230 e. The lowest BCUT2D eigenvalue weighted by Crippen LogP contribution is -2.36. The van der Waals surface area contributed by atoms with Gasteiger partial charge in [0.1, 0.15) is 5.82 Å². The number of carbonyl (C=O) groups excluding carboxylic acids is 1. The molecule has 1 atom stereocenters. The van der Waals surface area contributed by atoms with Crippen molar-refractivity contribution < 1.29 is 9.18 Å². The number of aryl methyl sites for hydroxylation is 1. The fraction of sp³-hybridized carbons (Fsp3) is 0.474. The Morgan fingerprint density at radius 1 is 1.20 bits per heavy atom. The zero-order valence-corrected chi connectivity index (χ0v) is 14.5. The van der Waals surface area contributed by atoms with Gasteiger partial charge < -0.3 is 4.90 Å². The summed E-state index contributed by atoms with van der Waals surface area (Å²) in [5.41, 5.74) is 1.78. The predicted octanol–water partition coefficient (Wildman–Crippen LogP) is 2.18. The highest BCUT2D eigenvalue weighted by atomic mass is 19.1. The Kier molecular flexibility index (Phi) is 4.07. The highest BCUT2D eigenvalue weighted by Gasteiger charge is 2.50. The third-order valence-corrected chi connectivity index (χ3v) is 5.46. The van der Waals surface area contributed by atoms with Crippen LogP contribution in [0.4, 0.5) is 4.39 Å². The Hall–Kier alpha value is -2.21. The molecule has 2 aliphatic heterocycles. The van der Waals surface area contributed by atoms with Crippen LogP contribution in [-0.2, 0) is 24.9 Å². The van der Waals surface area contributed by atoms with Crippen LogP contribution in [-0.4, -0.2) is 45.1 Å². The van der Waals surface area contributed by atoms with Gasteiger partial charge in [0.05, 0.1) is 11.6 Å². The molecule has 6 heteroatoms. The SMILES string of the molecule is Cn1cc(CN2CCC3(CCN(Cc4cccc(F)c4)C3=O)C2)cn1. The quantitative estimate of drug-likeness (QED) is 0.855. The number of hydrogen-bond acceptors (Lipinski definition) is 3. The van der Waals surface area contributed by atoms with E-state index in [1.54, 1.807) is 6.07 Å². The van der Waals surface area contributed by atoms with Crippen LogP contribution in [0.3, 0.4) is 0 Å². The average molecular weight is 342 g/mol. The van der Waals surface area contributed by atoms with Crippen molar-refractivity contribution in [1.29, 1.82) is 0 Å². The standard InChI is InChI=1S/C19H23FN4O/c1-22-11-16(10-21-22)12-23-7-5-19(14-23)6-8-24(18(19)25)13-15-3-2-4-17(20)9-15/h2-4,9-11H,5-8,12-14H2,1H3. The van der Waals surface area contributed by atoms with E-state index in [1.165, 1.54) is 17.7 Å². The van der Waals surface area contributed by atoms with E-state index in [0.717, 1.165) is 44.6 Å². The molecule has 1 amide bonds. The molecular weight excluding hydrogens is 319 g/mol. The molecule has 2 fully saturated rings. The lowest BCUT2D eigenvalue weighted by Gasteiger charge is -2.23. The Balaban J connectivity index is 1.41. The molecule has 0 saturated carbocycles. The van der Waals surface area contributed by atoms with Crippen LogP contribution >= 0.6 is 0 Å². The Morgan fingerprint density at radius 3 is 2.80 bits per heavy atom. The molecule has 0 bridgehead atoms. The summed E-state index contributed by atoms with van der Waals surface area (Å²) in [6.07, 6.45) is 5.71. The van der Waals surface area contributed by atoms with E-state index in [4.69, 9.17) is 0 Å². The molecule has 132 valence electrons. The number of amides is 1. The normalized spacial score (nSPS) is 23.9. The molecule has 5 nitrogen and oxygen atoms in total. The third-order valence-electron chi connectivity index (χ3n) is 5.46. The Bertz CT molecular complexity index is 789. The van der Waals surface area contributed by atoms with E-state index >= 15 is 0 Å². The number of rotatable bonds is 4. The first kappa shape index (κ1) is 16.3. The maximum absolute atomic E-state index is 13.4. The van der Waals surface area contributed by atoms with Gasteiger partial charge in [-0.3, -0.25) is 14.4 Å². The zero-order valence-electron chi connectivity index (χ0n) is 14.5. The number of likely N-dealkylation sites (tertiary alicyclic amines) is 2. The minimum atomic E-state index is -0.254. The first-order chi connectivity index (χ1) is 12.0. The molecule has 3 heterocycles. The molecule has 2 saturated heterocycles. The average Bonchev–Trinajstić information content (AvgIpc) is 3.25. The van der Waals surface area contributed by atoms with Gasteiger partial charge in [0, 0.05) is 45.0 Å². The van der Waals surface area contributed by atoms with Crippen molar-refractivity contribution in [2.75, 3.05) is 19.6 Å². The van der Waals surface area contributed by atoms with Gasteiger partial charge in [0.2, 0.25) is 5.91 Å². The van der Waals surface area contributed by atoms with Crippen LogP contribution in [0.25, 0.3) is 0 Å². The largest absolute Gasteiger partial charge is 0.338 e. The van der Waals surface area contributed by atoms with Crippen LogP contribution < -0.4 is 0 Å². The Labute approximate surface area is 147 Å². The van der Waals surface area contributed by atoms with Gasteiger partial charge in [0.25, 0.3) is 0 Å². The van der Waals surface area contributed by atoms with Crippen molar-refractivity contribution in [2.45, 2.75) is 25.9 Å². The minimum absolute atomic E-state index is 0.227. The highest BCUT2D eigenvalue weighted by Crippen LogP contribution is 2.41. The maximum atomic E-state index is 13.4. The van der Waals surface area contributed by atoms with Crippen molar-refractivity contribution in [2.24, 2.45) is 12.5 Å². The summed E-state index contributed by atoms with van der Waals surface area (Å²) in [4.78, 5) is 17.2. The highest BCUT2D eigenvalue weighted by molar-refractivity contribution is 5.85. The van der Waals surface area contributed by atoms with Crippen LogP contribution in [0.2, 0.25) is 0 Å². The van der Waals surface area contributed by atoms with Crippen LogP contribution in [0.1, 0.15) is 24.0 Å². The third kappa shape index (κ3) is 3.18. The summed E-state index contributed by atoms with van der Waals surface area (Å²) in [5, 5.41) is 4.21. The molecule has 25 heavy (non-hydrogen) atoms. The van der Waals surface area contributed by atoms with Gasteiger partial charge in [-0.15, -0.1) is 0 Å². The van der Waals surface area contributed by atoms with Gasteiger partial charge in [-0.1, -0.05) is 12.1 Å². The van der Waals surface area contributed by atoms with Gasteiger partial charge in [-0.2, -0.15) is 5.10 Å². The summed E-state index contributed by atoms with van der Waals surface area (Å²) in [6, 6.07) is 6.53. The van der Waals surface area contributed by atoms with E-state index in [1.807, 2.05) is 35.1 Å². The second-order valence-electron chi connectivity index (χ2n) is 7.37. The van der Waals surface area contributed by atoms with Crippen LogP contribution in [0, 0.1) is 11.2 Å². The van der Waals surface area contributed by atoms with Crippen molar-refractivity contribution in [3.05, 3.63) is 53.6 Å². The fourth-order valence-corrected chi connectivity index (χ4v) is 4.18. The second kappa shape index (κ2) is 6.26. The minimum Gasteiger partial charge on any atom is -0.338 e. The molecule has 4 rings (SSSR count). The topological polar surface area (TPSA) is 41.4 Å². The predicted molar refractivity (Wildman–Crippen MR) is 92.0 cm³/mol. The van der Waals surface area contributed by atoms with Gasteiger partial charge in [0.15, 0.2) is 0 Å². The number of carbonyl (C=O) groups is 1. The summed E-state index contributed by atoms with van der Waals surface area (Å²) >= 11 is 0. The van der Waals surface area contributed by atoms with E-state index in [0.29, 0.717) is 6.54 Å². The molecule has 2 aromatic rings. The first-order valence-electron chi connectivity index (χ1n) is 8.78. The van der Waals surface area contributed by atoms with Crippen LogP contribution in [0.5, 0.6) is 0 Å². The molecule has 2 aliphatic rings.